The van der Waals surface area contributed by atoms with E-state index in [1.807, 2.05) is 6.92 Å². The summed E-state index contributed by atoms with van der Waals surface area (Å²) in [7, 11) is 3.58. The van der Waals surface area contributed by atoms with E-state index < -0.39 is 0 Å². The smallest absolute Gasteiger partial charge is 0.236 e. The molecule has 116 valence electrons. The van der Waals surface area contributed by atoms with E-state index in [0.717, 1.165) is 32.5 Å². The number of likely N-dealkylation sites (tertiary alicyclic amines) is 1. The highest BCUT2D eigenvalue weighted by molar-refractivity contribution is 5.77. The fourth-order valence-corrected chi connectivity index (χ4v) is 2.30. The fraction of sp³-hybridized carbons (Fsp3) is 0.857. The summed E-state index contributed by atoms with van der Waals surface area (Å²) in [5, 5.41) is 6.22. The van der Waals surface area contributed by atoms with Crippen molar-refractivity contribution in [2.75, 3.05) is 46.8 Å². The van der Waals surface area contributed by atoms with Gasteiger partial charge < -0.3 is 15.5 Å². The van der Waals surface area contributed by atoms with Crippen LogP contribution in [0.2, 0.25) is 0 Å². The Morgan fingerprint density at radius 3 is 2.45 bits per heavy atom. The highest BCUT2D eigenvalue weighted by Gasteiger charge is 2.20. The Morgan fingerprint density at radius 1 is 1.25 bits per heavy atom. The van der Waals surface area contributed by atoms with E-state index in [9.17, 15) is 9.59 Å². The Bertz CT molecular complexity index is 312. The first-order valence-electron chi connectivity index (χ1n) is 7.45. The second-order valence-corrected chi connectivity index (χ2v) is 5.50. The van der Waals surface area contributed by atoms with E-state index >= 15 is 0 Å². The summed E-state index contributed by atoms with van der Waals surface area (Å²) in [5.74, 6) is 0.265. The molecule has 0 spiro atoms. The van der Waals surface area contributed by atoms with Crippen molar-refractivity contribution in [3.63, 3.8) is 0 Å². The van der Waals surface area contributed by atoms with Crippen molar-refractivity contribution in [1.82, 2.24) is 20.4 Å². The zero-order valence-corrected chi connectivity index (χ0v) is 12.9. The molecule has 1 aliphatic rings. The second kappa shape index (κ2) is 8.92. The van der Waals surface area contributed by atoms with Crippen LogP contribution < -0.4 is 10.6 Å². The van der Waals surface area contributed by atoms with Gasteiger partial charge in [0.1, 0.15) is 0 Å². The molecule has 6 heteroatoms. The zero-order valence-electron chi connectivity index (χ0n) is 12.9. The first-order chi connectivity index (χ1) is 9.52. The molecule has 0 aliphatic carbocycles. The molecule has 1 heterocycles. The summed E-state index contributed by atoms with van der Waals surface area (Å²) < 4.78 is 0. The Morgan fingerprint density at radius 2 is 1.90 bits per heavy atom. The third-order valence-electron chi connectivity index (χ3n) is 3.60. The van der Waals surface area contributed by atoms with Crippen LogP contribution in [0, 0.1) is 0 Å². The van der Waals surface area contributed by atoms with Crippen LogP contribution in [0.1, 0.15) is 26.2 Å². The molecule has 0 atom stereocenters. The van der Waals surface area contributed by atoms with Gasteiger partial charge in [0, 0.05) is 52.7 Å². The Kier molecular flexibility index (Phi) is 7.54. The van der Waals surface area contributed by atoms with Gasteiger partial charge in [-0.1, -0.05) is 0 Å². The van der Waals surface area contributed by atoms with Crippen LogP contribution in [0.5, 0.6) is 0 Å². The van der Waals surface area contributed by atoms with Crippen molar-refractivity contribution < 1.29 is 9.59 Å². The number of hydrogen-bond donors (Lipinski definition) is 2. The largest absolute Gasteiger partial charge is 0.356 e. The maximum atomic E-state index is 11.6. The Hall–Kier alpha value is -1.14. The molecule has 0 aromatic rings. The quantitative estimate of drug-likeness (QED) is 0.671. The molecule has 6 nitrogen and oxygen atoms in total. The lowest BCUT2D eigenvalue weighted by Crippen LogP contribution is -2.46. The average molecular weight is 284 g/mol. The molecule has 20 heavy (non-hydrogen) atoms. The summed E-state index contributed by atoms with van der Waals surface area (Å²) in [6, 6.07) is 0.468. The highest BCUT2D eigenvalue weighted by Crippen LogP contribution is 2.10. The van der Waals surface area contributed by atoms with Gasteiger partial charge in [-0.15, -0.1) is 0 Å². The molecule has 0 aromatic carbocycles. The lowest BCUT2D eigenvalue weighted by atomic mass is 10.0. The van der Waals surface area contributed by atoms with Crippen molar-refractivity contribution in [2.24, 2.45) is 0 Å². The van der Waals surface area contributed by atoms with Gasteiger partial charge >= 0.3 is 0 Å². The lowest BCUT2D eigenvalue weighted by Gasteiger charge is -2.32. The van der Waals surface area contributed by atoms with Gasteiger partial charge in [-0.05, 0) is 19.8 Å². The number of carbonyl (C=O) groups is 2. The maximum Gasteiger partial charge on any atom is 0.236 e. The molecule has 1 aliphatic heterocycles. The molecule has 1 fully saturated rings. The number of nitrogens with zero attached hydrogens (tertiary/aromatic N) is 2. The van der Waals surface area contributed by atoms with E-state index in [1.165, 1.54) is 0 Å². The van der Waals surface area contributed by atoms with Crippen molar-refractivity contribution in [2.45, 2.75) is 32.2 Å². The van der Waals surface area contributed by atoms with Gasteiger partial charge in [-0.3, -0.25) is 14.5 Å². The van der Waals surface area contributed by atoms with Gasteiger partial charge in [0.15, 0.2) is 0 Å². The van der Waals surface area contributed by atoms with E-state index in [2.05, 4.69) is 15.5 Å². The number of hydrogen-bond acceptors (Lipinski definition) is 4. The van der Waals surface area contributed by atoms with Gasteiger partial charge in [-0.2, -0.15) is 0 Å². The summed E-state index contributed by atoms with van der Waals surface area (Å²) >= 11 is 0. The van der Waals surface area contributed by atoms with Crippen LogP contribution in [0.25, 0.3) is 0 Å². The van der Waals surface area contributed by atoms with Crippen molar-refractivity contribution in [1.29, 1.82) is 0 Å². The topological polar surface area (TPSA) is 64.7 Å². The summed E-state index contributed by atoms with van der Waals surface area (Å²) in [4.78, 5) is 26.8. The highest BCUT2D eigenvalue weighted by atomic mass is 16.2. The van der Waals surface area contributed by atoms with Gasteiger partial charge in [0.05, 0.1) is 6.54 Å². The molecule has 0 aromatic heterocycles. The van der Waals surface area contributed by atoms with Gasteiger partial charge in [-0.25, -0.2) is 0 Å². The molecule has 0 unspecified atom stereocenters. The third kappa shape index (κ3) is 6.34. The molecule has 0 radical (unpaired) electrons. The molecule has 1 rings (SSSR count). The predicted molar refractivity (Wildman–Crippen MR) is 79.5 cm³/mol. The Labute approximate surface area is 121 Å². The van der Waals surface area contributed by atoms with E-state index in [1.54, 1.807) is 19.0 Å². The molecular weight excluding hydrogens is 256 g/mol. The molecule has 0 bridgehead atoms. The van der Waals surface area contributed by atoms with Gasteiger partial charge in [0.2, 0.25) is 11.8 Å². The monoisotopic (exact) mass is 284 g/mol. The number of carbonyl (C=O) groups excluding carboxylic acids is 2. The minimum atomic E-state index is 0.106. The minimum absolute atomic E-state index is 0.106. The van der Waals surface area contributed by atoms with Crippen molar-refractivity contribution in [3.8, 4) is 0 Å². The lowest BCUT2D eigenvalue weighted by molar-refractivity contribution is -0.130. The number of likely N-dealkylation sites (N-methyl/N-ethyl adjacent to an activating group) is 1. The molecule has 2 N–H and O–H groups in total. The first kappa shape index (κ1) is 16.9. The average Bonchev–Trinajstić information content (AvgIpc) is 2.41. The summed E-state index contributed by atoms with van der Waals surface area (Å²) in [5.41, 5.74) is 0. The Balaban J connectivity index is 2.13. The van der Waals surface area contributed by atoms with E-state index in [4.69, 9.17) is 0 Å². The number of piperidine rings is 1. The normalized spacial score (nSPS) is 16.9. The zero-order chi connectivity index (χ0) is 15.0. The third-order valence-corrected chi connectivity index (χ3v) is 3.60. The van der Waals surface area contributed by atoms with E-state index in [-0.39, 0.29) is 11.8 Å². The SMILES string of the molecule is CCNC(=O)CCNC1CCN(CC(=O)N(C)C)CC1. The fourth-order valence-electron chi connectivity index (χ4n) is 2.30. The van der Waals surface area contributed by atoms with Crippen LogP contribution in [0.3, 0.4) is 0 Å². The minimum Gasteiger partial charge on any atom is -0.356 e. The number of rotatable bonds is 7. The number of amides is 2. The number of nitrogens with one attached hydrogen (secondary N) is 2. The molecule has 1 saturated heterocycles. The summed E-state index contributed by atoms with van der Waals surface area (Å²) in [6.07, 6.45) is 2.61. The van der Waals surface area contributed by atoms with Crippen LogP contribution in [-0.2, 0) is 9.59 Å². The summed E-state index contributed by atoms with van der Waals surface area (Å²) in [6.45, 7) is 5.75. The maximum absolute atomic E-state index is 11.6. The van der Waals surface area contributed by atoms with E-state index in [0.29, 0.717) is 25.6 Å². The van der Waals surface area contributed by atoms with Gasteiger partial charge in [0.25, 0.3) is 0 Å². The molecule has 0 saturated carbocycles. The van der Waals surface area contributed by atoms with Crippen molar-refractivity contribution in [3.05, 3.63) is 0 Å². The van der Waals surface area contributed by atoms with Crippen molar-refractivity contribution >= 4 is 11.8 Å². The predicted octanol–water partition coefficient (Wildman–Crippen LogP) is -0.345. The van der Waals surface area contributed by atoms with Crippen LogP contribution in [0.4, 0.5) is 0 Å². The van der Waals surface area contributed by atoms with Crippen LogP contribution >= 0.6 is 0 Å². The van der Waals surface area contributed by atoms with Crippen LogP contribution in [-0.4, -0.2) is 74.5 Å². The second-order valence-electron chi connectivity index (χ2n) is 5.50. The first-order valence-corrected chi connectivity index (χ1v) is 7.45. The molecule has 2 amide bonds. The van der Waals surface area contributed by atoms with Crippen LogP contribution in [0.15, 0.2) is 0 Å². The molecular formula is C14H28N4O2. The standard InChI is InChI=1S/C14H28N4O2/c1-4-15-13(19)5-8-16-12-6-9-18(10-7-12)11-14(20)17(2)3/h12,16H,4-11H2,1-3H3,(H,15,19).